The molecule has 0 saturated heterocycles. The van der Waals surface area contributed by atoms with Crippen molar-refractivity contribution in [2.45, 2.75) is 6.92 Å². The molecule has 0 aliphatic heterocycles. The predicted molar refractivity (Wildman–Crippen MR) is 80.5 cm³/mol. The fourth-order valence-corrected chi connectivity index (χ4v) is 2.61. The van der Waals surface area contributed by atoms with Gasteiger partial charge in [-0.15, -0.1) is 0 Å². The van der Waals surface area contributed by atoms with Crippen molar-refractivity contribution >= 4 is 21.9 Å². The fraction of sp³-hybridized carbons (Fsp3) is 0.125. The van der Waals surface area contributed by atoms with Crippen LogP contribution >= 0.6 is 0 Å². The third-order valence-corrected chi connectivity index (χ3v) is 3.66. The van der Waals surface area contributed by atoms with Gasteiger partial charge in [0.15, 0.2) is 0 Å². The van der Waals surface area contributed by atoms with E-state index in [1.807, 2.05) is 24.1 Å². The van der Waals surface area contributed by atoms with Gasteiger partial charge in [-0.25, -0.2) is 4.98 Å². The Balaban J connectivity index is 1.91. The van der Waals surface area contributed by atoms with E-state index >= 15 is 0 Å². The lowest BCUT2D eigenvalue weighted by Gasteiger charge is -1.99. The molecule has 0 radical (unpaired) electrons. The van der Waals surface area contributed by atoms with Crippen LogP contribution in [0.5, 0.6) is 0 Å². The molecule has 0 aliphatic rings. The Morgan fingerprint density at radius 3 is 2.85 bits per heavy atom. The molecule has 4 aromatic rings. The van der Waals surface area contributed by atoms with Crippen LogP contribution in [0.4, 0.5) is 0 Å². The monoisotopic (exact) mass is 262 g/mol. The molecule has 4 rings (SSSR count). The van der Waals surface area contributed by atoms with Crippen molar-refractivity contribution in [2.75, 3.05) is 0 Å². The minimum Gasteiger partial charge on any atom is -0.339 e. The number of aryl methyl sites for hydroxylation is 2. The smallest absolute Gasteiger partial charge is 0.137 e. The second-order valence-electron chi connectivity index (χ2n) is 5.18. The highest BCUT2D eigenvalue weighted by atomic mass is 15.2. The molecule has 98 valence electrons. The van der Waals surface area contributed by atoms with Crippen molar-refractivity contribution in [3.63, 3.8) is 0 Å². The summed E-state index contributed by atoms with van der Waals surface area (Å²) < 4.78 is 1.88. The first-order chi connectivity index (χ1) is 9.70. The van der Waals surface area contributed by atoms with Gasteiger partial charge in [0.25, 0.3) is 0 Å². The maximum Gasteiger partial charge on any atom is 0.137 e. The Morgan fingerprint density at radius 1 is 1.05 bits per heavy atom. The summed E-state index contributed by atoms with van der Waals surface area (Å²) in [6.45, 7) is 2.06. The van der Waals surface area contributed by atoms with Crippen LogP contribution < -0.4 is 0 Å². The topological polar surface area (TPSA) is 46.5 Å². The molecule has 0 amide bonds. The Morgan fingerprint density at radius 2 is 1.95 bits per heavy atom. The molecule has 4 heteroatoms. The first-order valence-electron chi connectivity index (χ1n) is 6.58. The number of nitrogens with zero attached hydrogens (tertiary/aromatic N) is 3. The first-order valence-corrected chi connectivity index (χ1v) is 6.58. The summed E-state index contributed by atoms with van der Waals surface area (Å²) >= 11 is 0. The highest BCUT2D eigenvalue weighted by Crippen LogP contribution is 2.26. The lowest BCUT2D eigenvalue weighted by Crippen LogP contribution is -1.88. The maximum atomic E-state index is 4.42. The predicted octanol–water partition coefficient (Wildman–Crippen LogP) is 3.43. The molecule has 0 fully saturated rings. The molecule has 4 nitrogen and oxygen atoms in total. The van der Waals surface area contributed by atoms with Crippen LogP contribution in [0.25, 0.3) is 33.2 Å². The third-order valence-electron chi connectivity index (χ3n) is 3.66. The first kappa shape index (κ1) is 11.2. The average molecular weight is 262 g/mol. The molecule has 0 aliphatic carbocycles. The molecule has 3 aromatic heterocycles. The number of rotatable bonds is 1. The van der Waals surface area contributed by atoms with Crippen LogP contribution in [-0.4, -0.2) is 19.7 Å². The van der Waals surface area contributed by atoms with Crippen molar-refractivity contribution in [3.8, 4) is 11.3 Å². The summed E-state index contributed by atoms with van der Waals surface area (Å²) in [6, 6.07) is 10.7. The van der Waals surface area contributed by atoms with Gasteiger partial charge < -0.3 is 4.98 Å². The summed E-state index contributed by atoms with van der Waals surface area (Å²) in [4.78, 5) is 7.79. The minimum atomic E-state index is 0.928. The van der Waals surface area contributed by atoms with E-state index in [2.05, 4.69) is 52.3 Å². The number of hydrogen-bond acceptors (Lipinski definition) is 2. The zero-order chi connectivity index (χ0) is 13.7. The summed E-state index contributed by atoms with van der Waals surface area (Å²) in [7, 11) is 1.96. The number of hydrogen-bond donors (Lipinski definition) is 1. The van der Waals surface area contributed by atoms with Gasteiger partial charge in [-0.1, -0.05) is 6.07 Å². The Kier molecular flexibility index (Phi) is 2.21. The lowest BCUT2D eigenvalue weighted by molar-refractivity contribution is 0.797. The van der Waals surface area contributed by atoms with Crippen LogP contribution in [0.3, 0.4) is 0 Å². The Bertz CT molecular complexity index is 930. The molecule has 3 heterocycles. The fourth-order valence-electron chi connectivity index (χ4n) is 2.61. The average Bonchev–Trinajstić information content (AvgIpc) is 3.02. The second-order valence-corrected chi connectivity index (χ2v) is 5.18. The van der Waals surface area contributed by atoms with E-state index in [0.717, 1.165) is 33.2 Å². The number of pyridine rings is 1. The van der Waals surface area contributed by atoms with Gasteiger partial charge in [0.2, 0.25) is 0 Å². The van der Waals surface area contributed by atoms with E-state index in [9.17, 15) is 0 Å². The van der Waals surface area contributed by atoms with Crippen LogP contribution in [0.2, 0.25) is 0 Å². The zero-order valence-corrected chi connectivity index (χ0v) is 11.4. The van der Waals surface area contributed by atoms with Gasteiger partial charge in [0.05, 0.1) is 11.7 Å². The normalized spacial score (nSPS) is 11.5. The van der Waals surface area contributed by atoms with Gasteiger partial charge in [0, 0.05) is 29.7 Å². The highest BCUT2D eigenvalue weighted by Gasteiger charge is 2.06. The molecule has 20 heavy (non-hydrogen) atoms. The van der Waals surface area contributed by atoms with Crippen LogP contribution in [0.1, 0.15) is 5.56 Å². The van der Waals surface area contributed by atoms with E-state index in [-0.39, 0.29) is 0 Å². The maximum absolute atomic E-state index is 4.42. The third kappa shape index (κ3) is 1.61. The summed E-state index contributed by atoms with van der Waals surface area (Å²) in [6.07, 6.45) is 3.77. The summed E-state index contributed by atoms with van der Waals surface area (Å²) in [5.41, 5.74) is 5.48. The van der Waals surface area contributed by atoms with Crippen molar-refractivity contribution < 1.29 is 0 Å². The number of aromatic amines is 1. The Hall–Kier alpha value is -2.62. The molecule has 0 unspecified atom stereocenters. The van der Waals surface area contributed by atoms with Crippen molar-refractivity contribution in [3.05, 3.63) is 48.3 Å². The van der Waals surface area contributed by atoms with Gasteiger partial charge in [-0.2, -0.15) is 5.10 Å². The van der Waals surface area contributed by atoms with E-state index < -0.39 is 0 Å². The van der Waals surface area contributed by atoms with Crippen LogP contribution in [0, 0.1) is 6.92 Å². The van der Waals surface area contributed by atoms with Gasteiger partial charge in [-0.3, -0.25) is 4.68 Å². The van der Waals surface area contributed by atoms with Crippen LogP contribution in [0.15, 0.2) is 42.7 Å². The van der Waals surface area contributed by atoms with Crippen molar-refractivity contribution in [1.29, 1.82) is 0 Å². The number of H-pyrrole nitrogens is 1. The standard InChI is InChI=1S/C16H14N4/c1-10-5-12-7-14(19-16(12)17-8-10)11-3-4-15-13(6-11)9-18-20(15)2/h3-9H,1-2H3,(H,17,19). The number of benzene rings is 1. The SMILES string of the molecule is Cc1cnc2[nH]c(-c3ccc4c(cnn4C)c3)cc2c1. The zero-order valence-electron chi connectivity index (χ0n) is 11.4. The molecule has 1 N–H and O–H groups in total. The van der Waals surface area contributed by atoms with Gasteiger partial charge >= 0.3 is 0 Å². The molecule has 1 aromatic carbocycles. The molecule has 0 atom stereocenters. The number of aromatic nitrogens is 4. The summed E-state index contributed by atoms with van der Waals surface area (Å²) in [5, 5.41) is 6.57. The van der Waals surface area contributed by atoms with E-state index in [4.69, 9.17) is 0 Å². The van der Waals surface area contributed by atoms with Gasteiger partial charge in [-0.05, 0) is 42.3 Å². The quantitative estimate of drug-likeness (QED) is 0.571. The molecular formula is C16H14N4. The Labute approximate surface area is 116 Å². The molecular weight excluding hydrogens is 248 g/mol. The number of fused-ring (bicyclic) bond motifs is 2. The largest absolute Gasteiger partial charge is 0.339 e. The molecule has 0 saturated carbocycles. The summed E-state index contributed by atoms with van der Waals surface area (Å²) in [5.74, 6) is 0. The van der Waals surface area contributed by atoms with E-state index in [0.29, 0.717) is 0 Å². The van der Waals surface area contributed by atoms with Crippen molar-refractivity contribution in [2.24, 2.45) is 7.05 Å². The van der Waals surface area contributed by atoms with E-state index in [1.165, 1.54) is 5.56 Å². The molecule has 0 bridgehead atoms. The number of nitrogens with one attached hydrogen (secondary N) is 1. The lowest BCUT2D eigenvalue weighted by atomic mass is 10.1. The van der Waals surface area contributed by atoms with Crippen LogP contribution in [-0.2, 0) is 7.05 Å². The van der Waals surface area contributed by atoms with Crippen molar-refractivity contribution in [1.82, 2.24) is 19.7 Å². The highest BCUT2D eigenvalue weighted by molar-refractivity contribution is 5.88. The van der Waals surface area contributed by atoms with E-state index in [1.54, 1.807) is 0 Å². The molecule has 0 spiro atoms. The second kappa shape index (κ2) is 3.93. The van der Waals surface area contributed by atoms with Gasteiger partial charge in [0.1, 0.15) is 5.65 Å². The minimum absolute atomic E-state index is 0.928.